The number of urea groups is 1. The van der Waals surface area contributed by atoms with Crippen LogP contribution in [-0.2, 0) is 28.7 Å². The summed E-state index contributed by atoms with van der Waals surface area (Å²) in [7, 11) is -2.54. The van der Waals surface area contributed by atoms with E-state index in [0.717, 1.165) is 25.7 Å². The second-order valence-corrected chi connectivity index (χ2v) is 22.2. The maximum atomic E-state index is 14.6. The van der Waals surface area contributed by atoms with E-state index in [1.807, 2.05) is 41.5 Å². The molecular formula is C36H64N6O7S. The summed E-state index contributed by atoms with van der Waals surface area (Å²) < 4.78 is 24.7. The summed E-state index contributed by atoms with van der Waals surface area (Å²) >= 11 is 0. The largest absolute Gasteiger partial charge is 0.346 e. The topological polar surface area (TPSA) is 177 Å². The van der Waals surface area contributed by atoms with E-state index < -0.39 is 74.1 Å². The Balaban J connectivity index is 1.90. The van der Waals surface area contributed by atoms with Gasteiger partial charge in [-0.3, -0.25) is 23.7 Å². The van der Waals surface area contributed by atoms with Crippen molar-refractivity contribution in [1.29, 1.82) is 0 Å². The standard InChI is InChI=1S/C36H64N6O7S/c1-13-18-37-31(45)28(43)25(19-22-14-15-22)38-30(44)27-23-16-17-36(8,9)24(23)20-42(27)32(46)29(35(5,6)7)40-33(47)39-26(34(2,3)4)21-41(10)50(11,12,48)49/h13,22-27,29H,1,14-21H2,2-12H3,(H,37,45)(H,38,44)(H,48,49)(H2,39,40,47)/t23-,24-,25?,26+,27-,29+/m0/s1. The number of likely N-dealkylation sites (N-methyl/N-ethyl adjacent to an activating group) is 1. The highest BCUT2D eigenvalue weighted by molar-refractivity contribution is 8.11. The van der Waals surface area contributed by atoms with Crippen molar-refractivity contribution in [3.8, 4) is 0 Å². The molecule has 0 radical (unpaired) electrons. The van der Waals surface area contributed by atoms with Gasteiger partial charge in [0, 0.05) is 45.2 Å². The fourth-order valence-corrected chi connectivity index (χ4v) is 7.70. The molecule has 50 heavy (non-hydrogen) atoms. The Hall–Kier alpha value is -2.84. The Labute approximate surface area is 299 Å². The number of rotatable bonds is 14. The zero-order valence-electron chi connectivity index (χ0n) is 32.2. The number of nitrogens with zero attached hydrogens (tertiary/aromatic N) is 2. The van der Waals surface area contributed by atoms with Gasteiger partial charge in [0.2, 0.25) is 17.6 Å². The van der Waals surface area contributed by atoms with Gasteiger partial charge < -0.3 is 26.2 Å². The Kier molecular flexibility index (Phi) is 12.2. The molecule has 0 aromatic rings. The van der Waals surface area contributed by atoms with Crippen LogP contribution in [0.15, 0.2) is 12.7 Å². The Bertz CT molecular complexity index is 1390. The van der Waals surface area contributed by atoms with Crippen LogP contribution < -0.4 is 21.3 Å². The van der Waals surface area contributed by atoms with Gasteiger partial charge in [0.05, 0.1) is 6.04 Å². The first-order valence-electron chi connectivity index (χ1n) is 17.8. The SMILES string of the molecule is C=CCNC(=O)C(=O)C(CC1CC1)NC(=O)[C@@H]1[C@H]2CCC(C)(C)[C@H]2CN1C(=O)[C@@H](NC(=O)N[C@H](CN(C)S(C)(C)(=O)O)C(C)(C)C)C(C)(C)C. The molecule has 2 aliphatic carbocycles. The number of nitrogens with one attached hydrogen (secondary N) is 4. The van der Waals surface area contributed by atoms with Crippen molar-refractivity contribution in [3.63, 3.8) is 0 Å². The fraction of sp³-hybridized carbons (Fsp3) is 0.806. The minimum Gasteiger partial charge on any atom is -0.346 e. The van der Waals surface area contributed by atoms with E-state index in [4.69, 9.17) is 0 Å². The number of ketones is 1. The third-order valence-corrected chi connectivity index (χ3v) is 12.9. The predicted molar refractivity (Wildman–Crippen MR) is 196 cm³/mol. The lowest BCUT2D eigenvalue weighted by Gasteiger charge is -2.46. The number of hydrogen-bond acceptors (Lipinski definition) is 6. The van der Waals surface area contributed by atoms with Gasteiger partial charge in [-0.05, 0) is 53.3 Å². The molecular weight excluding hydrogens is 660 g/mol. The summed E-state index contributed by atoms with van der Waals surface area (Å²) in [6.45, 7) is 19.6. The number of Topliss-reactive ketones (excluding diaryl/α,β-unsaturated/α-hetero) is 1. The molecule has 0 aromatic heterocycles. The third kappa shape index (κ3) is 10.4. The minimum absolute atomic E-state index is 0.0235. The Morgan fingerprint density at radius 1 is 1.00 bits per heavy atom. The van der Waals surface area contributed by atoms with Crippen LogP contribution in [0.4, 0.5) is 4.79 Å². The normalized spacial score (nSPS) is 24.6. The number of amides is 5. The predicted octanol–water partition coefficient (Wildman–Crippen LogP) is 2.93. The number of carbonyl (C=O) groups is 5. The van der Waals surface area contributed by atoms with Gasteiger partial charge in [0.1, 0.15) is 12.1 Å². The molecule has 2 saturated carbocycles. The first-order valence-corrected chi connectivity index (χ1v) is 20.5. The number of carbonyl (C=O) groups excluding carboxylic acids is 5. The van der Waals surface area contributed by atoms with Crippen LogP contribution in [0, 0.1) is 34.0 Å². The average molecular weight is 725 g/mol. The van der Waals surface area contributed by atoms with Crippen molar-refractivity contribution in [2.24, 2.45) is 34.0 Å². The molecule has 5 amide bonds. The van der Waals surface area contributed by atoms with Crippen LogP contribution in [0.1, 0.15) is 87.5 Å². The molecule has 0 aromatic carbocycles. The van der Waals surface area contributed by atoms with Gasteiger partial charge in [-0.25, -0.2) is 9.10 Å². The van der Waals surface area contributed by atoms with Gasteiger partial charge in [-0.2, -0.15) is 4.21 Å². The van der Waals surface area contributed by atoms with Crippen LogP contribution in [0.2, 0.25) is 0 Å². The lowest BCUT2D eigenvalue weighted by molar-refractivity contribution is -0.144. The number of fused-ring (bicyclic) bond motifs is 1. The summed E-state index contributed by atoms with van der Waals surface area (Å²) in [4.78, 5) is 70.0. The average Bonchev–Trinajstić information content (AvgIpc) is 3.61. The van der Waals surface area contributed by atoms with Gasteiger partial charge >= 0.3 is 6.03 Å². The lowest BCUT2D eigenvalue weighted by Crippen LogP contribution is -2.63. The van der Waals surface area contributed by atoms with E-state index in [0.29, 0.717) is 13.0 Å². The molecule has 13 nitrogen and oxygen atoms in total. The summed E-state index contributed by atoms with van der Waals surface area (Å²) in [6, 6.07) is -4.09. The molecule has 0 bridgehead atoms. The minimum atomic E-state index is -4.07. The molecule has 5 N–H and O–H groups in total. The molecule has 3 fully saturated rings. The van der Waals surface area contributed by atoms with Crippen LogP contribution in [0.25, 0.3) is 0 Å². The highest BCUT2D eigenvalue weighted by Gasteiger charge is 2.57. The van der Waals surface area contributed by atoms with E-state index in [9.17, 15) is 32.7 Å². The number of likely N-dealkylation sites (tertiary alicyclic amines) is 1. The third-order valence-electron chi connectivity index (χ3n) is 10.9. The van der Waals surface area contributed by atoms with Crippen molar-refractivity contribution in [3.05, 3.63) is 12.7 Å². The Morgan fingerprint density at radius 3 is 2.10 bits per heavy atom. The summed E-state index contributed by atoms with van der Waals surface area (Å²) in [5.41, 5.74) is -1.40. The fourth-order valence-electron chi connectivity index (χ4n) is 7.12. The van der Waals surface area contributed by atoms with E-state index in [2.05, 4.69) is 41.7 Å². The van der Waals surface area contributed by atoms with Crippen molar-refractivity contribution >= 4 is 39.1 Å². The van der Waals surface area contributed by atoms with Gasteiger partial charge in [0.15, 0.2) is 0 Å². The van der Waals surface area contributed by atoms with Crippen molar-refractivity contribution < 1.29 is 32.7 Å². The van der Waals surface area contributed by atoms with Crippen molar-refractivity contribution in [1.82, 2.24) is 30.5 Å². The molecule has 14 heteroatoms. The molecule has 6 atom stereocenters. The van der Waals surface area contributed by atoms with Crippen molar-refractivity contribution in [2.45, 2.75) is 112 Å². The monoisotopic (exact) mass is 724 g/mol. The molecule has 1 saturated heterocycles. The molecule has 0 spiro atoms. The second kappa shape index (κ2) is 14.7. The summed E-state index contributed by atoms with van der Waals surface area (Å²) in [6.07, 6.45) is 7.79. The van der Waals surface area contributed by atoms with E-state index in [1.54, 1.807) is 4.90 Å². The highest BCUT2D eigenvalue weighted by atomic mass is 32.3. The molecule has 1 unspecified atom stereocenters. The first kappa shape index (κ1) is 41.6. The molecule has 3 aliphatic rings. The van der Waals surface area contributed by atoms with Crippen molar-refractivity contribution in [2.75, 3.05) is 39.2 Å². The van der Waals surface area contributed by atoms with E-state index >= 15 is 0 Å². The Morgan fingerprint density at radius 2 is 1.60 bits per heavy atom. The van der Waals surface area contributed by atoms with Gasteiger partial charge in [-0.15, -0.1) is 16.1 Å². The lowest BCUT2D eigenvalue weighted by atomic mass is 9.79. The zero-order valence-corrected chi connectivity index (χ0v) is 33.0. The number of hydrogen-bond donors (Lipinski definition) is 5. The summed E-state index contributed by atoms with van der Waals surface area (Å²) in [5.74, 6) is -2.26. The van der Waals surface area contributed by atoms with E-state index in [-0.39, 0.29) is 36.3 Å². The molecule has 286 valence electrons. The molecule has 1 heterocycles. The van der Waals surface area contributed by atoms with Crippen LogP contribution in [-0.4, -0.2) is 111 Å². The second-order valence-electron chi connectivity index (χ2n) is 18.2. The van der Waals surface area contributed by atoms with Crippen LogP contribution in [0.3, 0.4) is 0 Å². The smallest absolute Gasteiger partial charge is 0.315 e. The van der Waals surface area contributed by atoms with Gasteiger partial charge in [0.25, 0.3) is 5.91 Å². The summed E-state index contributed by atoms with van der Waals surface area (Å²) in [5, 5.41) is 11.2. The highest BCUT2D eigenvalue weighted by Crippen LogP contribution is 2.53. The van der Waals surface area contributed by atoms with Gasteiger partial charge in [-0.1, -0.05) is 74.3 Å². The first-order chi connectivity index (χ1) is 22.6. The van der Waals surface area contributed by atoms with E-state index in [1.165, 1.54) is 29.9 Å². The maximum Gasteiger partial charge on any atom is 0.315 e. The maximum absolute atomic E-state index is 14.6. The quantitative estimate of drug-likeness (QED) is 0.135. The van der Waals surface area contributed by atoms with Crippen LogP contribution in [0.5, 0.6) is 0 Å². The molecule has 1 aliphatic heterocycles. The van der Waals surface area contributed by atoms with Crippen LogP contribution >= 0.6 is 0 Å². The zero-order chi connectivity index (χ0) is 38.2. The molecule has 3 rings (SSSR count).